The molecule has 9 aromatic carbocycles. The van der Waals surface area contributed by atoms with Crippen LogP contribution in [0, 0.1) is 0 Å². The molecule has 0 amide bonds. The third-order valence-corrected chi connectivity index (χ3v) is 12.3. The second-order valence-electron chi connectivity index (χ2n) is 14.8. The molecule has 11 aromatic rings. The zero-order valence-electron chi connectivity index (χ0n) is 29.1. The van der Waals surface area contributed by atoms with Crippen molar-refractivity contribution in [1.82, 2.24) is 14.5 Å². The molecule has 0 saturated heterocycles. The van der Waals surface area contributed by atoms with Crippen molar-refractivity contribution in [2.24, 2.45) is 0 Å². The summed E-state index contributed by atoms with van der Waals surface area (Å²) in [6.45, 7) is 0. The van der Waals surface area contributed by atoms with E-state index in [1.165, 1.54) is 76.5 Å². The van der Waals surface area contributed by atoms with Crippen LogP contribution in [0.4, 0.5) is 0 Å². The van der Waals surface area contributed by atoms with Gasteiger partial charge in [-0.1, -0.05) is 152 Å². The Hall–Kier alpha value is -7.10. The minimum atomic E-state index is -0.385. The maximum absolute atomic E-state index is 5.40. The summed E-state index contributed by atoms with van der Waals surface area (Å²) in [4.78, 5) is 10.7. The molecule has 3 heteroatoms. The number of hydrogen-bond donors (Lipinski definition) is 0. The van der Waals surface area contributed by atoms with E-state index in [1.807, 2.05) is 12.1 Å². The molecule has 0 unspecified atom stereocenters. The van der Waals surface area contributed by atoms with Gasteiger partial charge in [-0.3, -0.25) is 4.57 Å². The number of benzene rings is 9. The Balaban J connectivity index is 1.22. The van der Waals surface area contributed by atoms with Crippen LogP contribution in [-0.2, 0) is 5.41 Å². The zero-order valence-corrected chi connectivity index (χ0v) is 29.1. The van der Waals surface area contributed by atoms with Gasteiger partial charge >= 0.3 is 0 Å². The summed E-state index contributed by atoms with van der Waals surface area (Å²) < 4.78 is 2.35. The predicted molar refractivity (Wildman–Crippen MR) is 223 cm³/mol. The highest BCUT2D eigenvalue weighted by atomic mass is 15.1. The number of para-hydroxylation sites is 3. The maximum atomic E-state index is 5.40. The Labute approximate surface area is 310 Å². The first-order valence-corrected chi connectivity index (χ1v) is 18.7. The van der Waals surface area contributed by atoms with Crippen molar-refractivity contribution in [3.05, 3.63) is 198 Å². The third-order valence-electron chi connectivity index (χ3n) is 12.3. The van der Waals surface area contributed by atoms with Gasteiger partial charge in [0.05, 0.1) is 27.5 Å². The fourth-order valence-corrected chi connectivity index (χ4v) is 10.4. The summed E-state index contributed by atoms with van der Waals surface area (Å²) in [6, 6.07) is 64.4. The monoisotopic (exact) mass is 683 g/mol. The molecule has 248 valence electrons. The smallest absolute Gasteiger partial charge is 0.165 e. The van der Waals surface area contributed by atoms with Crippen LogP contribution in [0.3, 0.4) is 0 Å². The first kappa shape index (κ1) is 28.5. The molecular formula is C51H29N3. The van der Waals surface area contributed by atoms with Crippen molar-refractivity contribution in [3.63, 3.8) is 0 Å². The highest BCUT2D eigenvalue weighted by molar-refractivity contribution is 6.37. The molecule has 2 aromatic heterocycles. The van der Waals surface area contributed by atoms with Crippen LogP contribution in [0.15, 0.2) is 176 Å². The van der Waals surface area contributed by atoms with E-state index in [-0.39, 0.29) is 5.41 Å². The zero-order chi connectivity index (χ0) is 35.1. The van der Waals surface area contributed by atoms with E-state index in [9.17, 15) is 0 Å². The van der Waals surface area contributed by atoms with Crippen LogP contribution in [0.5, 0.6) is 0 Å². The summed E-state index contributed by atoms with van der Waals surface area (Å²) in [5, 5.41) is 10.3. The quantitative estimate of drug-likeness (QED) is 0.170. The predicted octanol–water partition coefficient (Wildman–Crippen LogP) is 12.5. The van der Waals surface area contributed by atoms with Crippen LogP contribution in [-0.4, -0.2) is 14.5 Å². The van der Waals surface area contributed by atoms with E-state index in [0.717, 1.165) is 39.1 Å². The van der Waals surface area contributed by atoms with E-state index in [2.05, 4.69) is 168 Å². The third kappa shape index (κ3) is 3.30. The number of fused-ring (bicyclic) bond motifs is 15. The van der Waals surface area contributed by atoms with Gasteiger partial charge in [0.1, 0.15) is 5.69 Å². The van der Waals surface area contributed by atoms with E-state index >= 15 is 0 Å². The lowest BCUT2D eigenvalue weighted by Gasteiger charge is -2.30. The van der Waals surface area contributed by atoms with E-state index < -0.39 is 0 Å². The molecule has 2 aliphatic carbocycles. The van der Waals surface area contributed by atoms with Gasteiger partial charge in [0.25, 0.3) is 0 Å². The minimum absolute atomic E-state index is 0.385. The lowest BCUT2D eigenvalue weighted by atomic mass is 9.70. The summed E-state index contributed by atoms with van der Waals surface area (Å²) in [5.41, 5.74) is 13.7. The molecule has 2 aliphatic rings. The van der Waals surface area contributed by atoms with Crippen molar-refractivity contribution in [2.45, 2.75) is 5.41 Å². The second kappa shape index (κ2) is 10.1. The summed E-state index contributed by atoms with van der Waals surface area (Å²) >= 11 is 0. The van der Waals surface area contributed by atoms with Crippen LogP contribution >= 0.6 is 0 Å². The van der Waals surface area contributed by atoms with Crippen LogP contribution < -0.4 is 0 Å². The average Bonchev–Trinajstić information content (AvgIpc) is 3.85. The van der Waals surface area contributed by atoms with Gasteiger partial charge in [0.15, 0.2) is 5.82 Å². The lowest BCUT2D eigenvalue weighted by molar-refractivity contribution is 0.797. The SMILES string of the molecule is c1ccc(-c2nc3ccccc3nc2-n2c3ccccc3c3c4c(ccc32)c2cccc3c2c2c(cccc24)C32c3ccccc3-c3ccccc32)cc1. The van der Waals surface area contributed by atoms with Crippen molar-refractivity contribution in [2.75, 3.05) is 0 Å². The van der Waals surface area contributed by atoms with Gasteiger partial charge in [-0.05, 0) is 84.6 Å². The van der Waals surface area contributed by atoms with E-state index in [1.54, 1.807) is 0 Å². The van der Waals surface area contributed by atoms with Crippen molar-refractivity contribution in [1.29, 1.82) is 0 Å². The molecule has 1 spiro atoms. The molecule has 13 rings (SSSR count). The molecule has 0 fully saturated rings. The number of hydrogen-bond acceptors (Lipinski definition) is 2. The molecule has 0 radical (unpaired) electrons. The Morgan fingerprint density at radius 2 is 0.907 bits per heavy atom. The summed E-state index contributed by atoms with van der Waals surface area (Å²) in [5.74, 6) is 0.834. The number of rotatable bonds is 2. The normalized spacial score (nSPS) is 13.7. The largest absolute Gasteiger partial charge is 0.292 e. The molecule has 0 bridgehead atoms. The molecule has 54 heavy (non-hydrogen) atoms. The fourth-order valence-electron chi connectivity index (χ4n) is 10.4. The van der Waals surface area contributed by atoms with Crippen molar-refractivity contribution < 1.29 is 0 Å². The van der Waals surface area contributed by atoms with Gasteiger partial charge in [-0.25, -0.2) is 9.97 Å². The van der Waals surface area contributed by atoms with Gasteiger partial charge in [0, 0.05) is 21.7 Å². The first-order valence-electron chi connectivity index (χ1n) is 18.7. The van der Waals surface area contributed by atoms with Crippen LogP contribution in [0.2, 0.25) is 0 Å². The Morgan fingerprint density at radius 1 is 0.352 bits per heavy atom. The minimum Gasteiger partial charge on any atom is -0.292 e. The summed E-state index contributed by atoms with van der Waals surface area (Å²) in [7, 11) is 0. The topological polar surface area (TPSA) is 30.7 Å². The molecule has 2 heterocycles. The lowest BCUT2D eigenvalue weighted by Crippen LogP contribution is -2.25. The van der Waals surface area contributed by atoms with Crippen LogP contribution in [0.1, 0.15) is 22.3 Å². The van der Waals surface area contributed by atoms with E-state index in [0.29, 0.717) is 0 Å². The highest BCUT2D eigenvalue weighted by Gasteiger charge is 2.50. The Kier molecular flexibility index (Phi) is 5.31. The average molecular weight is 684 g/mol. The molecule has 0 N–H and O–H groups in total. The van der Waals surface area contributed by atoms with Gasteiger partial charge in [-0.15, -0.1) is 0 Å². The molecule has 3 nitrogen and oxygen atoms in total. The fraction of sp³-hybridized carbons (Fsp3) is 0.0196. The summed E-state index contributed by atoms with van der Waals surface area (Å²) in [6.07, 6.45) is 0. The van der Waals surface area contributed by atoms with Gasteiger partial charge < -0.3 is 0 Å². The molecule has 0 atom stereocenters. The van der Waals surface area contributed by atoms with E-state index in [4.69, 9.17) is 9.97 Å². The number of nitrogens with zero attached hydrogens (tertiary/aromatic N) is 3. The number of aromatic nitrogens is 3. The first-order chi connectivity index (χ1) is 26.8. The second-order valence-corrected chi connectivity index (χ2v) is 14.8. The van der Waals surface area contributed by atoms with Crippen molar-refractivity contribution in [3.8, 4) is 28.2 Å². The molecule has 0 aliphatic heterocycles. The van der Waals surface area contributed by atoms with Gasteiger partial charge in [-0.2, -0.15) is 0 Å². The Bertz CT molecular complexity index is 3400. The molecular weight excluding hydrogens is 655 g/mol. The molecule has 0 saturated carbocycles. The standard InChI is InChI=1S/C51H29N3/c1-2-14-30(15-3-1)49-50(53-42-26-10-9-25-41(42)52-49)54-43-27-11-6-18-35(43)48-44(54)29-28-34-33-19-12-23-39-46(33)47-36(45(34)48)20-13-24-40(47)51(39)37-21-7-4-16-31(37)32-17-5-8-22-38(32)51/h1-29H. The van der Waals surface area contributed by atoms with Crippen LogP contribution in [0.25, 0.3) is 93.4 Å². The van der Waals surface area contributed by atoms with Gasteiger partial charge in [0.2, 0.25) is 0 Å². The van der Waals surface area contributed by atoms with Crippen molar-refractivity contribution >= 4 is 65.2 Å². The highest BCUT2D eigenvalue weighted by Crippen LogP contribution is 2.63. The Morgan fingerprint density at radius 3 is 1.67 bits per heavy atom. The maximum Gasteiger partial charge on any atom is 0.165 e.